The van der Waals surface area contributed by atoms with Crippen LogP contribution in [-0.4, -0.2) is 21.8 Å². The molecule has 0 bridgehead atoms. The van der Waals surface area contributed by atoms with Gasteiger partial charge in [0, 0.05) is 23.8 Å². The molecule has 4 nitrogen and oxygen atoms in total. The highest BCUT2D eigenvalue weighted by Gasteiger charge is 2.24. The summed E-state index contributed by atoms with van der Waals surface area (Å²) in [6.07, 6.45) is 8.51. The van der Waals surface area contributed by atoms with Crippen molar-refractivity contribution in [3.05, 3.63) is 16.8 Å². The normalized spacial score (nSPS) is 19.5. The second kappa shape index (κ2) is 4.81. The van der Waals surface area contributed by atoms with Gasteiger partial charge in [0.05, 0.1) is 5.39 Å². The highest BCUT2D eigenvalue weighted by molar-refractivity contribution is 7.19. The molecule has 0 aromatic carbocycles. The van der Waals surface area contributed by atoms with Crippen molar-refractivity contribution in [3.63, 3.8) is 0 Å². The van der Waals surface area contributed by atoms with Gasteiger partial charge in [-0.1, -0.05) is 0 Å². The Balaban J connectivity index is 1.67. The highest BCUT2D eigenvalue weighted by Crippen LogP contribution is 2.39. The monoisotopic (exact) mass is 287 g/mol. The summed E-state index contributed by atoms with van der Waals surface area (Å²) in [7, 11) is 0. The topological polar surface area (TPSA) is 54.9 Å². The van der Waals surface area contributed by atoms with E-state index < -0.39 is 0 Å². The van der Waals surface area contributed by atoms with Crippen molar-refractivity contribution in [2.24, 2.45) is 0 Å². The molecule has 2 heterocycles. The molecular formula is C15H17N3OS. The Labute approximate surface area is 121 Å². The van der Waals surface area contributed by atoms with Crippen LogP contribution in [0.4, 0.5) is 5.82 Å². The van der Waals surface area contributed by atoms with E-state index in [2.05, 4.69) is 15.3 Å². The summed E-state index contributed by atoms with van der Waals surface area (Å²) in [4.78, 5) is 22.8. The van der Waals surface area contributed by atoms with Crippen molar-refractivity contribution in [1.82, 2.24) is 9.97 Å². The number of hydrogen-bond acceptors (Lipinski definition) is 5. The summed E-state index contributed by atoms with van der Waals surface area (Å²) >= 11 is 1.82. The van der Waals surface area contributed by atoms with Crippen LogP contribution in [0.15, 0.2) is 6.33 Å². The standard InChI is InChI=1S/C15H17N3OS/c19-10-6-4-9(5-7-10)18-14-13-11-2-1-3-12(11)20-15(13)17-8-16-14/h8-9H,1-7H2,(H,16,17,18). The van der Waals surface area contributed by atoms with Crippen molar-refractivity contribution < 1.29 is 4.79 Å². The number of nitrogens with one attached hydrogen (secondary N) is 1. The lowest BCUT2D eigenvalue weighted by Crippen LogP contribution is -2.26. The Bertz CT molecular complexity index is 669. The summed E-state index contributed by atoms with van der Waals surface area (Å²) in [5.41, 5.74) is 1.46. The zero-order chi connectivity index (χ0) is 13.5. The fourth-order valence-corrected chi connectivity index (χ4v) is 4.54. The van der Waals surface area contributed by atoms with Crippen LogP contribution >= 0.6 is 11.3 Å². The average molecular weight is 287 g/mol. The number of Topliss-reactive ketones (excluding diaryl/α,β-unsaturated/α-hetero) is 1. The maximum atomic E-state index is 11.3. The molecule has 0 aliphatic heterocycles. The molecule has 2 aliphatic carbocycles. The molecule has 0 spiro atoms. The first-order chi connectivity index (χ1) is 9.81. The largest absolute Gasteiger partial charge is 0.367 e. The fraction of sp³-hybridized carbons (Fsp3) is 0.533. The van der Waals surface area contributed by atoms with Crippen LogP contribution in [0.1, 0.15) is 42.5 Å². The maximum Gasteiger partial charge on any atom is 0.138 e. The zero-order valence-electron chi connectivity index (χ0n) is 11.3. The van der Waals surface area contributed by atoms with Crippen molar-refractivity contribution >= 4 is 33.2 Å². The number of fused-ring (bicyclic) bond motifs is 3. The van der Waals surface area contributed by atoms with Crippen molar-refractivity contribution in [1.29, 1.82) is 0 Å². The predicted molar refractivity (Wildman–Crippen MR) is 80.3 cm³/mol. The summed E-state index contributed by atoms with van der Waals surface area (Å²) in [5.74, 6) is 1.38. The van der Waals surface area contributed by atoms with E-state index in [1.54, 1.807) is 6.33 Å². The second-order valence-electron chi connectivity index (χ2n) is 5.72. The van der Waals surface area contributed by atoms with E-state index in [4.69, 9.17) is 0 Å². The number of hydrogen-bond donors (Lipinski definition) is 1. The van der Waals surface area contributed by atoms with E-state index in [0.29, 0.717) is 24.7 Å². The number of carbonyl (C=O) groups excluding carboxylic acids is 1. The van der Waals surface area contributed by atoms with Crippen molar-refractivity contribution in [2.45, 2.75) is 51.0 Å². The summed E-state index contributed by atoms with van der Waals surface area (Å²) in [6.45, 7) is 0. The molecule has 4 rings (SSSR count). The van der Waals surface area contributed by atoms with Gasteiger partial charge in [0.1, 0.15) is 22.8 Å². The number of ketones is 1. The van der Waals surface area contributed by atoms with Gasteiger partial charge >= 0.3 is 0 Å². The van der Waals surface area contributed by atoms with Crippen LogP contribution in [0, 0.1) is 0 Å². The number of aryl methyl sites for hydroxylation is 2. The zero-order valence-corrected chi connectivity index (χ0v) is 12.1. The molecule has 2 aromatic rings. The Morgan fingerprint density at radius 1 is 1.15 bits per heavy atom. The lowest BCUT2D eigenvalue weighted by atomic mass is 9.94. The molecule has 0 amide bonds. The van der Waals surface area contributed by atoms with E-state index in [0.717, 1.165) is 29.9 Å². The van der Waals surface area contributed by atoms with Gasteiger partial charge in [-0.25, -0.2) is 9.97 Å². The fourth-order valence-electron chi connectivity index (χ4n) is 3.32. The molecule has 2 aromatic heterocycles. The minimum absolute atomic E-state index is 0.378. The van der Waals surface area contributed by atoms with Gasteiger partial charge in [0.2, 0.25) is 0 Å². The first-order valence-electron chi connectivity index (χ1n) is 7.35. The lowest BCUT2D eigenvalue weighted by Gasteiger charge is -2.23. The van der Waals surface area contributed by atoms with Crippen LogP contribution in [-0.2, 0) is 17.6 Å². The average Bonchev–Trinajstić information content (AvgIpc) is 3.02. The van der Waals surface area contributed by atoms with E-state index in [1.165, 1.54) is 28.7 Å². The molecule has 104 valence electrons. The SMILES string of the molecule is O=C1CCC(Nc2ncnc3sc4c(c23)CCC4)CC1. The number of anilines is 1. The predicted octanol–water partition coefficient (Wildman–Crippen LogP) is 3.10. The first kappa shape index (κ1) is 12.3. The molecule has 2 aliphatic rings. The summed E-state index contributed by atoms with van der Waals surface area (Å²) in [5, 5.41) is 4.80. The summed E-state index contributed by atoms with van der Waals surface area (Å²) in [6, 6.07) is 0.378. The number of nitrogens with zero attached hydrogens (tertiary/aromatic N) is 2. The smallest absolute Gasteiger partial charge is 0.138 e. The van der Waals surface area contributed by atoms with Crippen LogP contribution < -0.4 is 5.32 Å². The van der Waals surface area contributed by atoms with Gasteiger partial charge in [-0.2, -0.15) is 0 Å². The minimum atomic E-state index is 0.378. The van der Waals surface area contributed by atoms with Gasteiger partial charge in [-0.3, -0.25) is 4.79 Å². The number of rotatable bonds is 2. The Hall–Kier alpha value is -1.49. The Morgan fingerprint density at radius 3 is 2.85 bits per heavy atom. The quantitative estimate of drug-likeness (QED) is 0.922. The van der Waals surface area contributed by atoms with Gasteiger partial charge in [-0.05, 0) is 37.7 Å². The van der Waals surface area contributed by atoms with Gasteiger partial charge in [0.25, 0.3) is 0 Å². The van der Waals surface area contributed by atoms with E-state index >= 15 is 0 Å². The van der Waals surface area contributed by atoms with Gasteiger partial charge in [0.15, 0.2) is 0 Å². The molecule has 1 N–H and O–H groups in total. The number of carbonyl (C=O) groups is 1. The summed E-state index contributed by atoms with van der Waals surface area (Å²) < 4.78 is 0. The molecular weight excluding hydrogens is 270 g/mol. The van der Waals surface area contributed by atoms with Crippen LogP contribution in [0.2, 0.25) is 0 Å². The van der Waals surface area contributed by atoms with E-state index in [9.17, 15) is 4.79 Å². The Morgan fingerprint density at radius 2 is 2.00 bits per heavy atom. The molecule has 1 saturated carbocycles. The highest BCUT2D eigenvalue weighted by atomic mass is 32.1. The van der Waals surface area contributed by atoms with Crippen LogP contribution in [0.3, 0.4) is 0 Å². The number of thiophene rings is 1. The van der Waals surface area contributed by atoms with Crippen molar-refractivity contribution in [2.75, 3.05) is 5.32 Å². The Kier molecular flexibility index (Phi) is 2.95. The third-order valence-corrected chi connectivity index (χ3v) is 5.59. The van der Waals surface area contributed by atoms with E-state index in [-0.39, 0.29) is 0 Å². The minimum Gasteiger partial charge on any atom is -0.367 e. The molecule has 5 heteroatoms. The maximum absolute atomic E-state index is 11.3. The lowest BCUT2D eigenvalue weighted by molar-refractivity contribution is -0.120. The third kappa shape index (κ3) is 2.00. The third-order valence-electron chi connectivity index (χ3n) is 4.39. The molecule has 0 unspecified atom stereocenters. The molecule has 20 heavy (non-hydrogen) atoms. The van der Waals surface area contributed by atoms with Gasteiger partial charge < -0.3 is 5.32 Å². The van der Waals surface area contributed by atoms with Crippen molar-refractivity contribution in [3.8, 4) is 0 Å². The van der Waals surface area contributed by atoms with Gasteiger partial charge in [-0.15, -0.1) is 11.3 Å². The molecule has 0 saturated heterocycles. The molecule has 1 fully saturated rings. The molecule has 0 radical (unpaired) electrons. The molecule has 0 atom stereocenters. The second-order valence-corrected chi connectivity index (χ2v) is 6.80. The van der Waals surface area contributed by atoms with Crippen LogP contribution in [0.25, 0.3) is 10.2 Å². The van der Waals surface area contributed by atoms with Crippen LogP contribution in [0.5, 0.6) is 0 Å². The van der Waals surface area contributed by atoms with E-state index in [1.807, 2.05) is 11.3 Å². The number of aromatic nitrogens is 2. The first-order valence-corrected chi connectivity index (χ1v) is 8.16.